The van der Waals surface area contributed by atoms with Crippen molar-refractivity contribution in [3.05, 3.63) is 35.1 Å². The number of carbonyl (C=O) groups excluding carboxylic acids is 1. The number of hydrogen-bond donors (Lipinski definition) is 1. The lowest BCUT2D eigenvalue weighted by atomic mass is 10.1. The first kappa shape index (κ1) is 15.9. The Morgan fingerprint density at radius 2 is 2.05 bits per heavy atom. The molecule has 1 unspecified atom stereocenters. The van der Waals surface area contributed by atoms with Crippen molar-refractivity contribution in [3.8, 4) is 0 Å². The van der Waals surface area contributed by atoms with E-state index in [2.05, 4.69) is 21.2 Å². The second kappa shape index (κ2) is 6.36. The number of halogens is 5. The number of hydrogen-bond acceptors (Lipinski definition) is 1. The minimum atomic E-state index is -4.61. The maximum atomic E-state index is 13.4. The summed E-state index contributed by atoms with van der Waals surface area (Å²) in [5.74, 6) is -1.84. The van der Waals surface area contributed by atoms with Gasteiger partial charge in [0.1, 0.15) is 5.82 Å². The van der Waals surface area contributed by atoms with Crippen LogP contribution in [0.2, 0.25) is 0 Å². The lowest BCUT2D eigenvalue weighted by Gasteiger charge is -2.11. The van der Waals surface area contributed by atoms with E-state index in [9.17, 15) is 22.4 Å². The van der Waals surface area contributed by atoms with E-state index in [0.717, 1.165) is 6.42 Å². The van der Waals surface area contributed by atoms with E-state index in [1.54, 1.807) is 0 Å². The van der Waals surface area contributed by atoms with Crippen LogP contribution in [0.3, 0.4) is 0 Å². The molecule has 2 nitrogen and oxygen atoms in total. The minimum absolute atomic E-state index is 0.00897. The summed E-state index contributed by atoms with van der Waals surface area (Å²) in [4.78, 5) is 11.6. The molecule has 0 fully saturated rings. The van der Waals surface area contributed by atoms with Crippen LogP contribution in [-0.4, -0.2) is 17.3 Å². The van der Waals surface area contributed by atoms with E-state index in [0.29, 0.717) is 18.2 Å². The molecule has 0 aromatic heterocycles. The van der Waals surface area contributed by atoms with Gasteiger partial charge in [0.25, 0.3) is 5.91 Å². The van der Waals surface area contributed by atoms with Crippen LogP contribution in [0.5, 0.6) is 0 Å². The molecule has 0 spiro atoms. The second-order valence-corrected chi connectivity index (χ2v) is 5.20. The van der Waals surface area contributed by atoms with Crippen LogP contribution < -0.4 is 5.32 Å². The van der Waals surface area contributed by atoms with Gasteiger partial charge < -0.3 is 5.32 Å². The zero-order valence-electron chi connectivity index (χ0n) is 10.0. The summed E-state index contributed by atoms with van der Waals surface area (Å²) in [5.41, 5.74) is -1.66. The summed E-state index contributed by atoms with van der Waals surface area (Å²) in [7, 11) is 0. The predicted molar refractivity (Wildman–Crippen MR) is 66.7 cm³/mol. The lowest BCUT2D eigenvalue weighted by molar-refractivity contribution is -0.137. The van der Waals surface area contributed by atoms with Gasteiger partial charge in [-0.05, 0) is 24.6 Å². The fourth-order valence-corrected chi connectivity index (χ4v) is 1.48. The third-order valence-electron chi connectivity index (χ3n) is 2.47. The zero-order valence-corrected chi connectivity index (χ0v) is 11.6. The van der Waals surface area contributed by atoms with Gasteiger partial charge >= 0.3 is 6.18 Å². The van der Waals surface area contributed by atoms with Crippen molar-refractivity contribution in [1.82, 2.24) is 5.32 Å². The third kappa shape index (κ3) is 4.49. The van der Waals surface area contributed by atoms with Crippen molar-refractivity contribution in [2.45, 2.75) is 24.3 Å². The quantitative estimate of drug-likeness (QED) is 0.655. The molecular weight excluding hydrogens is 330 g/mol. The first-order chi connectivity index (χ1) is 8.75. The number of alkyl halides is 4. The Bertz CT molecular complexity index is 462. The van der Waals surface area contributed by atoms with Crippen molar-refractivity contribution in [2.75, 3.05) is 6.54 Å². The molecule has 1 aromatic rings. The molecule has 0 bridgehead atoms. The Hall–Kier alpha value is -1.11. The molecule has 1 N–H and O–H groups in total. The molecule has 0 aliphatic heterocycles. The molecule has 7 heteroatoms. The van der Waals surface area contributed by atoms with Crippen LogP contribution in [0.4, 0.5) is 17.6 Å². The van der Waals surface area contributed by atoms with Crippen LogP contribution in [0.25, 0.3) is 0 Å². The van der Waals surface area contributed by atoms with Crippen molar-refractivity contribution >= 4 is 21.8 Å². The molecule has 0 saturated heterocycles. The van der Waals surface area contributed by atoms with Gasteiger partial charge in [0.15, 0.2) is 0 Å². The van der Waals surface area contributed by atoms with E-state index in [1.807, 2.05) is 6.92 Å². The van der Waals surface area contributed by atoms with Crippen molar-refractivity contribution in [3.63, 3.8) is 0 Å². The molecular formula is C12H12BrF4NO. The molecule has 0 heterocycles. The number of nitrogens with one attached hydrogen (secondary N) is 1. The number of carbonyl (C=O) groups is 1. The van der Waals surface area contributed by atoms with Crippen molar-refractivity contribution in [2.24, 2.45) is 0 Å². The van der Waals surface area contributed by atoms with E-state index in [1.165, 1.54) is 0 Å². The summed E-state index contributed by atoms with van der Waals surface area (Å²) in [6.07, 6.45) is -3.88. The van der Waals surface area contributed by atoms with Crippen molar-refractivity contribution < 1.29 is 22.4 Å². The lowest BCUT2D eigenvalue weighted by Crippen LogP contribution is -2.30. The monoisotopic (exact) mass is 341 g/mol. The highest BCUT2D eigenvalue weighted by Crippen LogP contribution is 2.30. The average molecular weight is 342 g/mol. The van der Waals surface area contributed by atoms with E-state index in [4.69, 9.17) is 0 Å². The first-order valence-electron chi connectivity index (χ1n) is 5.54. The largest absolute Gasteiger partial charge is 0.416 e. The van der Waals surface area contributed by atoms with Gasteiger partial charge in [0.05, 0.1) is 11.1 Å². The van der Waals surface area contributed by atoms with Gasteiger partial charge in [-0.2, -0.15) is 13.2 Å². The molecule has 1 rings (SSSR count). The molecule has 0 radical (unpaired) electrons. The topological polar surface area (TPSA) is 29.1 Å². The predicted octanol–water partition coefficient (Wildman–Crippen LogP) is 3.75. The van der Waals surface area contributed by atoms with Crippen LogP contribution >= 0.6 is 15.9 Å². The van der Waals surface area contributed by atoms with Gasteiger partial charge in [0, 0.05) is 11.4 Å². The first-order valence-corrected chi connectivity index (χ1v) is 6.46. The molecule has 106 valence electrons. The van der Waals surface area contributed by atoms with Gasteiger partial charge in [-0.3, -0.25) is 4.79 Å². The standard InChI is InChI=1S/C12H12BrF4NO/c1-2-8(13)6-18-11(19)9-5-7(12(15,16)17)3-4-10(9)14/h3-5,8H,2,6H2,1H3,(H,18,19). The highest BCUT2D eigenvalue weighted by Gasteiger charge is 2.31. The SMILES string of the molecule is CCC(Br)CNC(=O)c1cc(C(F)(F)F)ccc1F. The smallest absolute Gasteiger partial charge is 0.351 e. The summed E-state index contributed by atoms with van der Waals surface area (Å²) in [6.45, 7) is 2.08. The Labute approximate surface area is 116 Å². The van der Waals surface area contributed by atoms with Crippen LogP contribution in [0.1, 0.15) is 29.3 Å². The van der Waals surface area contributed by atoms with Gasteiger partial charge in [0.2, 0.25) is 0 Å². The molecule has 19 heavy (non-hydrogen) atoms. The second-order valence-electron chi connectivity index (χ2n) is 3.91. The van der Waals surface area contributed by atoms with Gasteiger partial charge in [-0.25, -0.2) is 4.39 Å². The van der Waals surface area contributed by atoms with Gasteiger partial charge in [-0.15, -0.1) is 0 Å². The van der Waals surface area contributed by atoms with Crippen LogP contribution in [0.15, 0.2) is 18.2 Å². The highest BCUT2D eigenvalue weighted by molar-refractivity contribution is 9.09. The van der Waals surface area contributed by atoms with Crippen molar-refractivity contribution in [1.29, 1.82) is 0 Å². The molecule has 1 aromatic carbocycles. The average Bonchev–Trinajstić information content (AvgIpc) is 2.34. The Kier molecular flexibility index (Phi) is 5.34. The van der Waals surface area contributed by atoms with Crippen LogP contribution in [0, 0.1) is 5.82 Å². The Balaban J connectivity index is 2.90. The number of amides is 1. The maximum Gasteiger partial charge on any atom is 0.416 e. The molecule has 1 amide bonds. The molecule has 0 saturated carbocycles. The molecule has 0 aliphatic rings. The minimum Gasteiger partial charge on any atom is -0.351 e. The molecule has 1 atom stereocenters. The normalized spacial score (nSPS) is 13.2. The summed E-state index contributed by atoms with van der Waals surface area (Å²) in [6, 6.07) is 1.76. The number of rotatable bonds is 4. The Morgan fingerprint density at radius 1 is 1.42 bits per heavy atom. The summed E-state index contributed by atoms with van der Waals surface area (Å²) in [5, 5.41) is 2.38. The highest BCUT2D eigenvalue weighted by atomic mass is 79.9. The van der Waals surface area contributed by atoms with Gasteiger partial charge in [-0.1, -0.05) is 22.9 Å². The Morgan fingerprint density at radius 3 is 2.58 bits per heavy atom. The van der Waals surface area contributed by atoms with E-state index >= 15 is 0 Å². The zero-order chi connectivity index (χ0) is 14.6. The fraction of sp³-hybridized carbons (Fsp3) is 0.417. The van der Waals surface area contributed by atoms with E-state index in [-0.39, 0.29) is 11.4 Å². The fourth-order valence-electron chi connectivity index (χ4n) is 1.32. The summed E-state index contributed by atoms with van der Waals surface area (Å²) >= 11 is 3.25. The molecule has 0 aliphatic carbocycles. The third-order valence-corrected chi connectivity index (χ3v) is 3.44. The van der Waals surface area contributed by atoms with Crippen LogP contribution in [-0.2, 0) is 6.18 Å². The maximum absolute atomic E-state index is 13.4. The summed E-state index contributed by atoms with van der Waals surface area (Å²) < 4.78 is 50.8. The number of benzene rings is 1. The van der Waals surface area contributed by atoms with E-state index < -0.39 is 29.0 Å².